The van der Waals surface area contributed by atoms with Crippen molar-refractivity contribution >= 4 is 17.7 Å². The predicted molar refractivity (Wildman–Crippen MR) is 112 cm³/mol. The smallest absolute Gasteiger partial charge is 0.414 e. The number of rotatable bonds is 2. The number of amides is 2. The van der Waals surface area contributed by atoms with Gasteiger partial charge in [0.05, 0.1) is 12.0 Å². The van der Waals surface area contributed by atoms with Crippen molar-refractivity contribution in [1.29, 1.82) is 0 Å². The molecule has 0 saturated heterocycles. The zero-order valence-corrected chi connectivity index (χ0v) is 17.1. The lowest BCUT2D eigenvalue weighted by molar-refractivity contribution is -0.122. The van der Waals surface area contributed by atoms with Crippen LogP contribution in [0.3, 0.4) is 0 Å². The summed E-state index contributed by atoms with van der Waals surface area (Å²) in [7, 11) is 0. The Labute approximate surface area is 171 Å². The Kier molecular flexibility index (Phi) is 4.69. The van der Waals surface area contributed by atoms with Crippen molar-refractivity contribution in [3.8, 4) is 0 Å². The van der Waals surface area contributed by atoms with Crippen LogP contribution in [-0.2, 0) is 21.5 Å². The lowest BCUT2D eigenvalue weighted by Gasteiger charge is -2.34. The molecule has 0 bridgehead atoms. The molecule has 0 aliphatic carbocycles. The first-order chi connectivity index (χ1) is 13.8. The Hall–Kier alpha value is -3.08. The van der Waals surface area contributed by atoms with Crippen LogP contribution in [0.15, 0.2) is 66.9 Å². The molecule has 2 aliphatic heterocycles. The van der Waals surface area contributed by atoms with Gasteiger partial charge in [-0.3, -0.25) is 9.69 Å². The maximum atomic E-state index is 13.6. The lowest BCUT2D eigenvalue weighted by Crippen LogP contribution is -2.45. The topological polar surface area (TPSA) is 49.9 Å². The fourth-order valence-electron chi connectivity index (χ4n) is 4.02. The van der Waals surface area contributed by atoms with Crippen LogP contribution in [0.5, 0.6) is 0 Å². The minimum absolute atomic E-state index is 0.0580. The third kappa shape index (κ3) is 3.53. The normalized spacial score (nSPS) is 20.9. The number of hydrogen-bond donors (Lipinski definition) is 0. The van der Waals surface area contributed by atoms with E-state index < -0.39 is 11.0 Å². The van der Waals surface area contributed by atoms with Crippen LogP contribution in [0.1, 0.15) is 38.3 Å². The number of hydrogen-bond acceptors (Lipinski definition) is 3. The average Bonchev–Trinajstić information content (AvgIpc) is 2.91. The van der Waals surface area contributed by atoms with Crippen LogP contribution < -0.4 is 4.90 Å². The van der Waals surface area contributed by atoms with Gasteiger partial charge >= 0.3 is 6.09 Å². The van der Waals surface area contributed by atoms with Gasteiger partial charge in [-0.1, -0.05) is 48.5 Å². The molecule has 0 unspecified atom stereocenters. The summed E-state index contributed by atoms with van der Waals surface area (Å²) in [5.74, 6) is 0.0580. The average molecular weight is 390 g/mol. The number of nitrogens with zero attached hydrogens (tertiary/aromatic N) is 2. The van der Waals surface area contributed by atoms with Gasteiger partial charge in [-0.15, -0.1) is 0 Å². The van der Waals surface area contributed by atoms with Gasteiger partial charge < -0.3 is 9.64 Å². The molecule has 1 spiro atoms. The van der Waals surface area contributed by atoms with Gasteiger partial charge in [0.15, 0.2) is 0 Å². The van der Waals surface area contributed by atoms with E-state index in [1.807, 2.05) is 86.3 Å². The van der Waals surface area contributed by atoms with Crippen LogP contribution in [0.4, 0.5) is 10.5 Å². The third-order valence-corrected chi connectivity index (χ3v) is 5.40. The summed E-state index contributed by atoms with van der Waals surface area (Å²) in [5, 5.41) is 0. The molecule has 2 aromatic rings. The SMILES string of the molecule is CC(C)(C)OC(=O)N1C=C[C@@]2(CC1)C(=O)N(Cc1ccccc1)c1ccccc12. The number of ether oxygens (including phenoxy) is 1. The number of fused-ring (bicyclic) bond motifs is 2. The maximum absolute atomic E-state index is 13.6. The Morgan fingerprint density at radius 2 is 1.76 bits per heavy atom. The summed E-state index contributed by atoms with van der Waals surface area (Å²) in [6.07, 6.45) is 3.72. The quantitative estimate of drug-likeness (QED) is 0.751. The van der Waals surface area contributed by atoms with E-state index in [0.717, 1.165) is 16.8 Å². The van der Waals surface area contributed by atoms with Crippen molar-refractivity contribution in [3.05, 3.63) is 78.0 Å². The second kappa shape index (κ2) is 7.07. The summed E-state index contributed by atoms with van der Waals surface area (Å²) >= 11 is 0. The van der Waals surface area contributed by atoms with E-state index in [1.54, 1.807) is 11.1 Å². The minimum Gasteiger partial charge on any atom is -0.443 e. The van der Waals surface area contributed by atoms with Gasteiger partial charge in [0, 0.05) is 18.4 Å². The highest BCUT2D eigenvalue weighted by Crippen LogP contribution is 2.47. The molecular formula is C24H26N2O3. The zero-order chi connectivity index (χ0) is 20.6. The Morgan fingerprint density at radius 1 is 1.07 bits per heavy atom. The summed E-state index contributed by atoms with van der Waals surface area (Å²) in [6.45, 7) is 6.50. The molecule has 2 amide bonds. The molecule has 2 aliphatic rings. The molecule has 150 valence electrons. The zero-order valence-electron chi connectivity index (χ0n) is 17.1. The predicted octanol–water partition coefficient (Wildman–Crippen LogP) is 4.63. The molecule has 1 atom stereocenters. The van der Waals surface area contributed by atoms with Gasteiger partial charge in [-0.2, -0.15) is 0 Å². The van der Waals surface area contributed by atoms with E-state index in [4.69, 9.17) is 4.74 Å². The van der Waals surface area contributed by atoms with Crippen molar-refractivity contribution in [1.82, 2.24) is 4.90 Å². The van der Waals surface area contributed by atoms with E-state index in [-0.39, 0.29) is 12.0 Å². The van der Waals surface area contributed by atoms with Gasteiger partial charge in [-0.25, -0.2) is 4.79 Å². The second-order valence-electron chi connectivity index (χ2n) is 8.60. The summed E-state index contributed by atoms with van der Waals surface area (Å²) in [6, 6.07) is 17.9. The molecule has 5 nitrogen and oxygen atoms in total. The standard InChI is InChI=1S/C24H26N2O3/c1-23(2,3)29-22(28)25-15-13-24(14-16-25)19-11-7-8-12-20(19)26(21(24)27)17-18-9-5-4-6-10-18/h4-13,15H,14,16-17H2,1-3H3/t24-/m0/s1. The number of benzene rings is 2. The first kappa shape index (κ1) is 19.2. The van der Waals surface area contributed by atoms with Crippen molar-refractivity contribution < 1.29 is 14.3 Å². The molecule has 0 fully saturated rings. The molecule has 2 heterocycles. The van der Waals surface area contributed by atoms with Crippen molar-refractivity contribution in [3.63, 3.8) is 0 Å². The second-order valence-corrected chi connectivity index (χ2v) is 8.60. The molecule has 29 heavy (non-hydrogen) atoms. The minimum atomic E-state index is -0.732. The van der Waals surface area contributed by atoms with Crippen molar-refractivity contribution in [2.45, 2.75) is 44.8 Å². The van der Waals surface area contributed by atoms with E-state index in [1.165, 1.54) is 0 Å². The highest BCUT2D eigenvalue weighted by atomic mass is 16.6. The van der Waals surface area contributed by atoms with Crippen molar-refractivity contribution in [2.24, 2.45) is 0 Å². The van der Waals surface area contributed by atoms with Crippen LogP contribution >= 0.6 is 0 Å². The fourth-order valence-corrected chi connectivity index (χ4v) is 4.02. The molecule has 2 aromatic carbocycles. The molecular weight excluding hydrogens is 364 g/mol. The van der Waals surface area contributed by atoms with Gasteiger partial charge in [0.1, 0.15) is 5.60 Å². The van der Waals surface area contributed by atoms with E-state index in [9.17, 15) is 9.59 Å². The fraction of sp³-hybridized carbons (Fsp3) is 0.333. The van der Waals surface area contributed by atoms with E-state index in [0.29, 0.717) is 19.5 Å². The largest absolute Gasteiger partial charge is 0.443 e. The maximum Gasteiger partial charge on any atom is 0.414 e. The summed E-state index contributed by atoms with van der Waals surface area (Å²) in [5.41, 5.74) is 1.74. The van der Waals surface area contributed by atoms with Crippen LogP contribution in [0.25, 0.3) is 0 Å². The van der Waals surface area contributed by atoms with Gasteiger partial charge in [0.2, 0.25) is 5.91 Å². The van der Waals surface area contributed by atoms with Gasteiger partial charge in [0.25, 0.3) is 0 Å². The molecule has 0 aromatic heterocycles. The first-order valence-corrected chi connectivity index (χ1v) is 9.95. The molecule has 0 N–H and O–H groups in total. The Balaban J connectivity index is 1.64. The van der Waals surface area contributed by atoms with Crippen LogP contribution in [0, 0.1) is 0 Å². The van der Waals surface area contributed by atoms with Gasteiger partial charge in [-0.05, 0) is 50.5 Å². The Bertz CT molecular complexity index is 962. The summed E-state index contributed by atoms with van der Waals surface area (Å²) < 4.78 is 5.47. The first-order valence-electron chi connectivity index (χ1n) is 9.95. The number of carbonyl (C=O) groups excluding carboxylic acids is 2. The number of para-hydroxylation sites is 1. The van der Waals surface area contributed by atoms with Crippen LogP contribution in [0.2, 0.25) is 0 Å². The Morgan fingerprint density at radius 3 is 2.41 bits per heavy atom. The third-order valence-electron chi connectivity index (χ3n) is 5.40. The molecule has 5 heteroatoms. The highest BCUT2D eigenvalue weighted by molar-refractivity contribution is 6.09. The number of carbonyl (C=O) groups is 2. The van der Waals surface area contributed by atoms with Crippen molar-refractivity contribution in [2.75, 3.05) is 11.4 Å². The highest BCUT2D eigenvalue weighted by Gasteiger charge is 2.50. The molecule has 0 radical (unpaired) electrons. The van der Waals surface area contributed by atoms with E-state index in [2.05, 4.69) is 0 Å². The van der Waals surface area contributed by atoms with E-state index >= 15 is 0 Å². The molecule has 0 saturated carbocycles. The van der Waals surface area contributed by atoms with Crippen LogP contribution in [-0.4, -0.2) is 29.0 Å². The monoisotopic (exact) mass is 390 g/mol. The molecule has 4 rings (SSSR count). The summed E-state index contributed by atoms with van der Waals surface area (Å²) in [4.78, 5) is 29.4. The number of anilines is 1. The lowest BCUT2D eigenvalue weighted by atomic mass is 9.77.